The highest BCUT2D eigenvalue weighted by Crippen LogP contribution is 2.07. The zero-order chi connectivity index (χ0) is 12.1. The monoisotopic (exact) mass is 244 g/mol. The molecule has 0 spiro atoms. The summed E-state index contributed by atoms with van der Waals surface area (Å²) in [5, 5.41) is 2.24. The first-order valence-corrected chi connectivity index (χ1v) is 7.36. The van der Waals surface area contributed by atoms with Gasteiger partial charge in [-0.25, -0.2) is 0 Å². The van der Waals surface area contributed by atoms with Gasteiger partial charge in [-0.15, -0.1) is 0 Å². The molecule has 0 radical (unpaired) electrons. The van der Waals surface area contributed by atoms with Crippen molar-refractivity contribution in [1.82, 2.24) is 0 Å². The molecule has 0 unspecified atom stereocenters. The van der Waals surface area contributed by atoms with E-state index in [0.29, 0.717) is 0 Å². The molecule has 0 saturated heterocycles. The topological polar surface area (TPSA) is 18.5 Å². The molecule has 0 amide bonds. The van der Waals surface area contributed by atoms with Gasteiger partial charge < -0.3 is 8.85 Å². The Morgan fingerprint density at radius 1 is 0.647 bits per heavy atom. The van der Waals surface area contributed by atoms with Crippen LogP contribution in [0.4, 0.5) is 0 Å². The second-order valence-electron chi connectivity index (χ2n) is 3.76. The van der Waals surface area contributed by atoms with E-state index in [9.17, 15) is 0 Å². The minimum atomic E-state index is -2.50. The van der Waals surface area contributed by atoms with Gasteiger partial charge in [-0.05, 0) is 10.4 Å². The van der Waals surface area contributed by atoms with Crippen LogP contribution in [0.5, 0.6) is 0 Å². The quantitative estimate of drug-likeness (QED) is 0.760. The highest BCUT2D eigenvalue weighted by Gasteiger charge is 2.40. The van der Waals surface area contributed by atoms with E-state index in [-0.39, 0.29) is 0 Å². The molecule has 0 fully saturated rings. The van der Waals surface area contributed by atoms with Crippen molar-refractivity contribution in [2.75, 3.05) is 14.2 Å². The molecule has 0 aliphatic heterocycles. The number of benzene rings is 2. The van der Waals surface area contributed by atoms with Crippen LogP contribution in [0.3, 0.4) is 0 Å². The first-order chi connectivity index (χ1) is 8.33. The van der Waals surface area contributed by atoms with E-state index in [2.05, 4.69) is 24.3 Å². The molecule has 0 heterocycles. The summed E-state index contributed by atoms with van der Waals surface area (Å²) in [6.45, 7) is 0. The van der Waals surface area contributed by atoms with Crippen molar-refractivity contribution >= 4 is 18.9 Å². The van der Waals surface area contributed by atoms with Crippen molar-refractivity contribution in [3.05, 3.63) is 60.7 Å². The molecule has 0 aromatic heterocycles. The molecule has 0 atom stereocenters. The Morgan fingerprint density at radius 3 is 1.29 bits per heavy atom. The summed E-state index contributed by atoms with van der Waals surface area (Å²) < 4.78 is 11.6. The highest BCUT2D eigenvalue weighted by atomic mass is 28.4. The predicted molar refractivity (Wildman–Crippen MR) is 71.9 cm³/mol. The third-order valence-electron chi connectivity index (χ3n) is 2.88. The van der Waals surface area contributed by atoms with Crippen molar-refractivity contribution in [3.8, 4) is 0 Å². The van der Waals surface area contributed by atoms with E-state index < -0.39 is 8.56 Å². The van der Waals surface area contributed by atoms with Gasteiger partial charge in [0.25, 0.3) is 0 Å². The lowest BCUT2D eigenvalue weighted by Gasteiger charge is -2.27. The SMILES string of the molecule is CO[Si](OC)(c1ccccc1)c1ccccc1. The molecule has 2 aromatic carbocycles. The van der Waals surface area contributed by atoms with Gasteiger partial charge in [0.05, 0.1) is 0 Å². The van der Waals surface area contributed by atoms with Crippen LogP contribution in [0.15, 0.2) is 60.7 Å². The van der Waals surface area contributed by atoms with Gasteiger partial charge in [0.15, 0.2) is 0 Å². The van der Waals surface area contributed by atoms with Gasteiger partial charge in [0.2, 0.25) is 0 Å². The van der Waals surface area contributed by atoms with Crippen molar-refractivity contribution in [2.24, 2.45) is 0 Å². The van der Waals surface area contributed by atoms with Gasteiger partial charge in [-0.1, -0.05) is 60.7 Å². The van der Waals surface area contributed by atoms with Crippen molar-refractivity contribution in [2.45, 2.75) is 0 Å². The number of hydrogen-bond donors (Lipinski definition) is 0. The summed E-state index contributed by atoms with van der Waals surface area (Å²) in [7, 11) is 0.940. The van der Waals surface area contributed by atoms with Gasteiger partial charge in [-0.3, -0.25) is 0 Å². The number of rotatable bonds is 4. The molecule has 2 aromatic rings. The van der Waals surface area contributed by atoms with E-state index in [4.69, 9.17) is 8.85 Å². The summed E-state index contributed by atoms with van der Waals surface area (Å²) in [4.78, 5) is 0. The summed E-state index contributed by atoms with van der Waals surface area (Å²) in [6.07, 6.45) is 0. The van der Waals surface area contributed by atoms with E-state index in [1.165, 1.54) is 0 Å². The van der Waals surface area contributed by atoms with Gasteiger partial charge >= 0.3 is 8.56 Å². The van der Waals surface area contributed by atoms with Crippen LogP contribution in [0.1, 0.15) is 0 Å². The Morgan fingerprint density at radius 2 is 1.00 bits per heavy atom. The van der Waals surface area contributed by atoms with Crippen molar-refractivity contribution < 1.29 is 8.85 Å². The van der Waals surface area contributed by atoms with Crippen LogP contribution in [0.2, 0.25) is 0 Å². The molecule has 0 aliphatic carbocycles. The lowest BCUT2D eigenvalue weighted by molar-refractivity contribution is 0.272. The average Bonchev–Trinajstić information content (AvgIpc) is 2.43. The molecule has 3 heteroatoms. The Kier molecular flexibility index (Phi) is 3.74. The summed E-state index contributed by atoms with van der Waals surface area (Å²) in [5.41, 5.74) is 0. The zero-order valence-corrected chi connectivity index (χ0v) is 11.1. The Labute approximate surface area is 103 Å². The standard InChI is InChI=1S/C14H16O2Si/c1-15-17(16-2,13-9-5-3-6-10-13)14-11-7-4-8-12-14/h3-12H,1-2H3. The zero-order valence-electron chi connectivity index (χ0n) is 10.1. The maximum absolute atomic E-state index is 5.78. The van der Waals surface area contributed by atoms with Crippen LogP contribution in [-0.2, 0) is 8.85 Å². The maximum atomic E-state index is 5.78. The van der Waals surface area contributed by atoms with Crippen LogP contribution in [-0.4, -0.2) is 22.8 Å². The first-order valence-electron chi connectivity index (χ1n) is 5.55. The Bertz CT molecular complexity index is 411. The van der Waals surface area contributed by atoms with Crippen LogP contribution >= 0.6 is 0 Å². The summed E-state index contributed by atoms with van der Waals surface area (Å²) in [6, 6.07) is 20.3. The Hall–Kier alpha value is -1.42. The lowest BCUT2D eigenvalue weighted by atomic mass is 10.4. The largest absolute Gasteiger partial charge is 0.406 e. The minimum Gasteiger partial charge on any atom is -0.391 e. The summed E-state index contributed by atoms with van der Waals surface area (Å²) >= 11 is 0. The van der Waals surface area contributed by atoms with Crippen LogP contribution < -0.4 is 10.4 Å². The fraction of sp³-hybridized carbons (Fsp3) is 0.143. The highest BCUT2D eigenvalue weighted by molar-refractivity contribution is 6.92. The smallest absolute Gasteiger partial charge is 0.391 e. The molecule has 0 N–H and O–H groups in total. The van der Waals surface area contributed by atoms with E-state index in [1.54, 1.807) is 14.2 Å². The lowest BCUT2D eigenvalue weighted by Crippen LogP contribution is -2.62. The molecule has 17 heavy (non-hydrogen) atoms. The molecule has 88 valence electrons. The normalized spacial score (nSPS) is 11.4. The minimum absolute atomic E-state index is 1.12. The van der Waals surface area contributed by atoms with Crippen molar-refractivity contribution in [1.29, 1.82) is 0 Å². The van der Waals surface area contributed by atoms with E-state index in [1.807, 2.05) is 36.4 Å². The fourth-order valence-corrected chi connectivity index (χ4v) is 4.74. The maximum Gasteiger partial charge on any atom is 0.406 e. The van der Waals surface area contributed by atoms with Gasteiger partial charge in [0, 0.05) is 14.2 Å². The summed E-state index contributed by atoms with van der Waals surface area (Å²) in [5.74, 6) is 0. The van der Waals surface area contributed by atoms with E-state index in [0.717, 1.165) is 10.4 Å². The molecule has 2 nitrogen and oxygen atoms in total. The molecular weight excluding hydrogens is 228 g/mol. The van der Waals surface area contributed by atoms with Gasteiger partial charge in [0.1, 0.15) is 0 Å². The van der Waals surface area contributed by atoms with Crippen molar-refractivity contribution in [3.63, 3.8) is 0 Å². The fourth-order valence-electron chi connectivity index (χ4n) is 2.04. The van der Waals surface area contributed by atoms with Crippen LogP contribution in [0.25, 0.3) is 0 Å². The second-order valence-corrected chi connectivity index (χ2v) is 6.96. The molecule has 0 aliphatic rings. The molecule has 0 saturated carbocycles. The average molecular weight is 244 g/mol. The third kappa shape index (κ3) is 2.17. The predicted octanol–water partition coefficient (Wildman–Crippen LogP) is 1.54. The second kappa shape index (κ2) is 5.27. The number of hydrogen-bond acceptors (Lipinski definition) is 2. The molecule has 0 bridgehead atoms. The molecule has 2 rings (SSSR count). The van der Waals surface area contributed by atoms with Crippen LogP contribution in [0, 0.1) is 0 Å². The van der Waals surface area contributed by atoms with Gasteiger partial charge in [-0.2, -0.15) is 0 Å². The Balaban J connectivity index is 2.54. The first kappa shape index (κ1) is 12.0. The van der Waals surface area contributed by atoms with E-state index >= 15 is 0 Å². The third-order valence-corrected chi connectivity index (χ3v) is 6.22. The molecular formula is C14H16O2Si.